The Balaban J connectivity index is 1.96. The SMILES string of the molecule is N#Cc1ccnnc1NCC1CCCCC1CO. The summed E-state index contributed by atoms with van der Waals surface area (Å²) in [5.74, 6) is 1.37. The molecule has 0 bridgehead atoms. The van der Waals surface area contributed by atoms with Crippen molar-refractivity contribution < 1.29 is 5.11 Å². The molecular formula is C13H18N4O. The summed E-state index contributed by atoms with van der Waals surface area (Å²) in [6.45, 7) is 0.997. The molecule has 18 heavy (non-hydrogen) atoms. The van der Waals surface area contributed by atoms with Crippen LogP contribution in [0.5, 0.6) is 0 Å². The molecule has 1 saturated carbocycles. The molecule has 2 N–H and O–H groups in total. The number of hydrogen-bond donors (Lipinski definition) is 2. The average Bonchev–Trinajstić information content (AvgIpc) is 2.45. The van der Waals surface area contributed by atoms with E-state index < -0.39 is 0 Å². The van der Waals surface area contributed by atoms with Crippen molar-refractivity contribution in [3.63, 3.8) is 0 Å². The van der Waals surface area contributed by atoms with Gasteiger partial charge in [0.2, 0.25) is 0 Å². The molecule has 0 radical (unpaired) electrons. The lowest BCUT2D eigenvalue weighted by Crippen LogP contribution is -2.29. The molecule has 1 fully saturated rings. The van der Waals surface area contributed by atoms with Crippen LogP contribution in [0.4, 0.5) is 5.82 Å². The molecule has 0 aromatic carbocycles. The second-order valence-electron chi connectivity index (χ2n) is 4.77. The van der Waals surface area contributed by atoms with E-state index in [1.54, 1.807) is 6.07 Å². The maximum Gasteiger partial charge on any atom is 0.166 e. The Morgan fingerprint density at radius 1 is 1.39 bits per heavy atom. The predicted octanol–water partition coefficient (Wildman–Crippen LogP) is 1.56. The van der Waals surface area contributed by atoms with Crippen LogP contribution in [0.15, 0.2) is 12.3 Å². The van der Waals surface area contributed by atoms with Crippen LogP contribution in [0.1, 0.15) is 31.2 Å². The highest BCUT2D eigenvalue weighted by Gasteiger charge is 2.24. The van der Waals surface area contributed by atoms with Crippen molar-refractivity contribution in [2.75, 3.05) is 18.5 Å². The van der Waals surface area contributed by atoms with Gasteiger partial charge in [0.25, 0.3) is 0 Å². The van der Waals surface area contributed by atoms with E-state index in [1.165, 1.54) is 19.0 Å². The van der Waals surface area contributed by atoms with E-state index in [0.29, 0.717) is 23.2 Å². The van der Waals surface area contributed by atoms with Gasteiger partial charge >= 0.3 is 0 Å². The Morgan fingerprint density at radius 3 is 2.89 bits per heavy atom. The molecule has 2 rings (SSSR count). The van der Waals surface area contributed by atoms with E-state index in [9.17, 15) is 5.11 Å². The summed E-state index contributed by atoms with van der Waals surface area (Å²) in [5, 5.41) is 29.2. The Kier molecular flexibility index (Phi) is 4.48. The van der Waals surface area contributed by atoms with Crippen molar-refractivity contribution in [1.82, 2.24) is 10.2 Å². The van der Waals surface area contributed by atoms with Gasteiger partial charge in [-0.05, 0) is 30.7 Å². The maximum absolute atomic E-state index is 9.35. The minimum Gasteiger partial charge on any atom is -0.396 e. The molecule has 5 heteroatoms. The van der Waals surface area contributed by atoms with Gasteiger partial charge in [0, 0.05) is 13.2 Å². The number of hydrogen-bond acceptors (Lipinski definition) is 5. The third-order valence-electron chi connectivity index (χ3n) is 3.67. The van der Waals surface area contributed by atoms with Crippen molar-refractivity contribution in [3.05, 3.63) is 17.8 Å². The fourth-order valence-corrected chi connectivity index (χ4v) is 2.57. The van der Waals surface area contributed by atoms with Crippen LogP contribution < -0.4 is 5.32 Å². The number of nitrogens with one attached hydrogen (secondary N) is 1. The molecule has 0 aliphatic heterocycles. The highest BCUT2D eigenvalue weighted by atomic mass is 16.3. The summed E-state index contributed by atoms with van der Waals surface area (Å²) in [7, 11) is 0. The molecule has 2 unspecified atom stereocenters. The lowest BCUT2D eigenvalue weighted by atomic mass is 9.79. The number of aliphatic hydroxyl groups is 1. The standard InChI is InChI=1S/C13H18N4O/c14-7-10-5-6-16-17-13(10)15-8-11-3-1-2-4-12(11)9-18/h5-6,11-12,18H,1-4,8-9H2,(H,15,17). The Bertz CT molecular complexity index is 429. The fourth-order valence-electron chi connectivity index (χ4n) is 2.57. The molecule has 2 atom stereocenters. The van der Waals surface area contributed by atoms with Crippen molar-refractivity contribution in [1.29, 1.82) is 5.26 Å². The molecule has 1 aliphatic rings. The summed E-state index contributed by atoms with van der Waals surface area (Å²) < 4.78 is 0. The minimum absolute atomic E-state index is 0.248. The van der Waals surface area contributed by atoms with Gasteiger partial charge in [-0.15, -0.1) is 5.10 Å². The van der Waals surface area contributed by atoms with Crippen LogP contribution in [0.25, 0.3) is 0 Å². The molecule has 1 heterocycles. The fraction of sp³-hybridized carbons (Fsp3) is 0.615. The van der Waals surface area contributed by atoms with Gasteiger partial charge in [-0.25, -0.2) is 0 Å². The van der Waals surface area contributed by atoms with Gasteiger partial charge in [0.1, 0.15) is 6.07 Å². The first-order chi connectivity index (χ1) is 8.85. The van der Waals surface area contributed by atoms with Crippen molar-refractivity contribution >= 4 is 5.82 Å². The van der Waals surface area contributed by atoms with Gasteiger partial charge in [-0.2, -0.15) is 10.4 Å². The first kappa shape index (κ1) is 12.8. The zero-order valence-corrected chi connectivity index (χ0v) is 10.3. The van der Waals surface area contributed by atoms with Crippen LogP contribution in [-0.2, 0) is 0 Å². The third-order valence-corrected chi connectivity index (χ3v) is 3.67. The molecule has 0 amide bonds. The molecule has 1 aliphatic carbocycles. The second kappa shape index (κ2) is 6.31. The van der Waals surface area contributed by atoms with Crippen molar-refractivity contribution in [2.24, 2.45) is 11.8 Å². The summed E-state index contributed by atoms with van der Waals surface area (Å²) in [5.41, 5.74) is 0.515. The third kappa shape index (κ3) is 2.96. The van der Waals surface area contributed by atoms with Crippen LogP contribution in [0.2, 0.25) is 0 Å². The molecule has 1 aromatic heterocycles. The monoisotopic (exact) mass is 246 g/mol. The predicted molar refractivity (Wildman–Crippen MR) is 67.8 cm³/mol. The van der Waals surface area contributed by atoms with E-state index in [0.717, 1.165) is 19.4 Å². The lowest BCUT2D eigenvalue weighted by Gasteiger charge is -2.30. The Morgan fingerprint density at radius 2 is 2.17 bits per heavy atom. The number of nitrogens with zero attached hydrogens (tertiary/aromatic N) is 3. The smallest absolute Gasteiger partial charge is 0.166 e. The van der Waals surface area contributed by atoms with Gasteiger partial charge in [0.15, 0.2) is 5.82 Å². The largest absolute Gasteiger partial charge is 0.396 e. The molecule has 5 nitrogen and oxygen atoms in total. The van der Waals surface area contributed by atoms with E-state index in [4.69, 9.17) is 5.26 Å². The maximum atomic E-state index is 9.35. The quantitative estimate of drug-likeness (QED) is 0.842. The lowest BCUT2D eigenvalue weighted by molar-refractivity contribution is 0.141. The summed E-state index contributed by atoms with van der Waals surface area (Å²) in [6, 6.07) is 3.75. The number of aliphatic hydroxyl groups excluding tert-OH is 1. The number of anilines is 1. The van der Waals surface area contributed by atoms with E-state index in [-0.39, 0.29) is 6.61 Å². The number of rotatable bonds is 4. The molecule has 0 spiro atoms. The summed E-state index contributed by atoms with van der Waals surface area (Å²) >= 11 is 0. The van der Waals surface area contributed by atoms with Gasteiger partial charge < -0.3 is 10.4 Å². The van der Waals surface area contributed by atoms with Gasteiger partial charge in [-0.1, -0.05) is 12.8 Å². The first-order valence-electron chi connectivity index (χ1n) is 6.41. The van der Waals surface area contributed by atoms with E-state index in [2.05, 4.69) is 21.6 Å². The topological polar surface area (TPSA) is 81.8 Å². The molecule has 0 saturated heterocycles. The second-order valence-corrected chi connectivity index (χ2v) is 4.77. The normalized spacial score (nSPS) is 23.3. The summed E-state index contributed by atoms with van der Waals surface area (Å²) in [6.07, 6.45) is 6.15. The zero-order valence-electron chi connectivity index (χ0n) is 10.3. The number of nitriles is 1. The summed E-state index contributed by atoms with van der Waals surface area (Å²) in [4.78, 5) is 0. The van der Waals surface area contributed by atoms with E-state index in [1.807, 2.05) is 0 Å². The van der Waals surface area contributed by atoms with Crippen molar-refractivity contribution in [2.45, 2.75) is 25.7 Å². The van der Waals surface area contributed by atoms with Crippen LogP contribution in [-0.4, -0.2) is 28.5 Å². The molecular weight excluding hydrogens is 228 g/mol. The Labute approximate surface area is 107 Å². The molecule has 96 valence electrons. The van der Waals surface area contributed by atoms with E-state index >= 15 is 0 Å². The highest BCUT2D eigenvalue weighted by molar-refractivity contribution is 5.50. The van der Waals surface area contributed by atoms with Gasteiger partial charge in [-0.3, -0.25) is 0 Å². The number of aromatic nitrogens is 2. The van der Waals surface area contributed by atoms with Crippen molar-refractivity contribution in [3.8, 4) is 6.07 Å². The van der Waals surface area contributed by atoms with Crippen LogP contribution in [0, 0.1) is 23.2 Å². The minimum atomic E-state index is 0.248. The first-order valence-corrected chi connectivity index (χ1v) is 6.41. The molecule has 1 aromatic rings. The van der Waals surface area contributed by atoms with Gasteiger partial charge in [0.05, 0.1) is 11.8 Å². The zero-order chi connectivity index (χ0) is 12.8. The average molecular weight is 246 g/mol. The Hall–Kier alpha value is -1.67. The van der Waals surface area contributed by atoms with Crippen LogP contribution in [0.3, 0.4) is 0 Å². The van der Waals surface area contributed by atoms with Crippen LogP contribution >= 0.6 is 0 Å². The highest BCUT2D eigenvalue weighted by Crippen LogP contribution is 2.29.